The molecule has 26 heavy (non-hydrogen) atoms. The lowest BCUT2D eigenvalue weighted by Gasteiger charge is -2.28. The molecule has 0 saturated carbocycles. The third kappa shape index (κ3) is 3.75. The van der Waals surface area contributed by atoms with E-state index in [1.807, 2.05) is 0 Å². The van der Waals surface area contributed by atoms with Crippen LogP contribution in [0.15, 0.2) is 53.5 Å². The molecule has 2 amide bonds. The average molecular weight is 374 g/mol. The molecule has 0 atom stereocenters. The van der Waals surface area contributed by atoms with E-state index >= 15 is 0 Å². The van der Waals surface area contributed by atoms with Gasteiger partial charge < -0.3 is 10.2 Å². The third-order valence-corrected chi connectivity index (χ3v) is 4.29. The van der Waals surface area contributed by atoms with Gasteiger partial charge in [-0.25, -0.2) is 4.39 Å². The lowest BCUT2D eigenvalue weighted by Crippen LogP contribution is -2.46. The number of rotatable bonds is 4. The standard InChI is InChI=1S/C19H17ClFN3O2/c1-19(2)23-17(12-3-7-14(21)8-4-12)18(26)24(19)11-16(25)22-15-9-5-13(20)6-10-15/h3-10H,11H2,1-2H3,(H,22,25). The predicted molar refractivity (Wildman–Crippen MR) is 98.8 cm³/mol. The van der Waals surface area contributed by atoms with Crippen LogP contribution in [0.3, 0.4) is 0 Å². The van der Waals surface area contributed by atoms with E-state index in [1.165, 1.54) is 29.2 Å². The van der Waals surface area contributed by atoms with Crippen molar-refractivity contribution in [3.05, 3.63) is 64.9 Å². The highest BCUT2D eigenvalue weighted by molar-refractivity contribution is 6.47. The van der Waals surface area contributed by atoms with Crippen molar-refractivity contribution in [3.63, 3.8) is 0 Å². The van der Waals surface area contributed by atoms with Gasteiger partial charge in [0.1, 0.15) is 23.7 Å². The van der Waals surface area contributed by atoms with Gasteiger partial charge in [-0.15, -0.1) is 0 Å². The lowest BCUT2D eigenvalue weighted by molar-refractivity contribution is -0.131. The van der Waals surface area contributed by atoms with Crippen LogP contribution in [0.4, 0.5) is 10.1 Å². The number of hydrogen-bond donors (Lipinski definition) is 1. The molecule has 3 rings (SSSR count). The van der Waals surface area contributed by atoms with Gasteiger partial charge in [0.15, 0.2) is 0 Å². The summed E-state index contributed by atoms with van der Waals surface area (Å²) in [7, 11) is 0. The number of hydrogen-bond acceptors (Lipinski definition) is 3. The van der Waals surface area contributed by atoms with Crippen LogP contribution >= 0.6 is 11.6 Å². The maximum atomic E-state index is 13.1. The molecular formula is C19H17ClFN3O2. The van der Waals surface area contributed by atoms with Gasteiger partial charge in [-0.1, -0.05) is 11.6 Å². The highest BCUT2D eigenvalue weighted by Crippen LogP contribution is 2.26. The fourth-order valence-corrected chi connectivity index (χ4v) is 2.82. The summed E-state index contributed by atoms with van der Waals surface area (Å²) in [5, 5.41) is 3.29. The van der Waals surface area contributed by atoms with Crippen molar-refractivity contribution in [2.45, 2.75) is 19.5 Å². The summed E-state index contributed by atoms with van der Waals surface area (Å²) in [6.07, 6.45) is 0. The van der Waals surface area contributed by atoms with E-state index in [0.29, 0.717) is 16.3 Å². The van der Waals surface area contributed by atoms with Crippen LogP contribution in [-0.2, 0) is 9.59 Å². The summed E-state index contributed by atoms with van der Waals surface area (Å²) in [4.78, 5) is 30.9. The van der Waals surface area contributed by atoms with Crippen molar-refractivity contribution in [2.24, 2.45) is 4.99 Å². The topological polar surface area (TPSA) is 61.8 Å². The van der Waals surface area contributed by atoms with E-state index in [1.54, 1.807) is 38.1 Å². The van der Waals surface area contributed by atoms with E-state index in [2.05, 4.69) is 10.3 Å². The van der Waals surface area contributed by atoms with Crippen LogP contribution in [0.2, 0.25) is 5.02 Å². The minimum Gasteiger partial charge on any atom is -0.325 e. The molecule has 0 unspecified atom stereocenters. The molecule has 2 aromatic rings. The minimum atomic E-state index is -0.877. The van der Waals surface area contributed by atoms with Gasteiger partial charge in [0.05, 0.1) is 0 Å². The number of benzene rings is 2. The Hall–Kier alpha value is -2.73. The molecule has 1 N–H and O–H groups in total. The maximum absolute atomic E-state index is 13.1. The van der Waals surface area contributed by atoms with Crippen LogP contribution in [0.1, 0.15) is 19.4 Å². The van der Waals surface area contributed by atoms with Crippen LogP contribution in [0, 0.1) is 5.82 Å². The van der Waals surface area contributed by atoms with E-state index in [-0.39, 0.29) is 24.1 Å². The number of carbonyl (C=O) groups excluding carboxylic acids is 2. The Morgan fingerprint density at radius 2 is 1.77 bits per heavy atom. The average Bonchev–Trinajstić information content (AvgIpc) is 2.81. The van der Waals surface area contributed by atoms with E-state index in [0.717, 1.165) is 0 Å². The molecule has 0 fully saturated rings. The summed E-state index contributed by atoms with van der Waals surface area (Å²) in [6.45, 7) is 3.34. The number of nitrogens with zero attached hydrogens (tertiary/aromatic N) is 2. The van der Waals surface area contributed by atoms with Gasteiger partial charge >= 0.3 is 0 Å². The molecule has 134 valence electrons. The molecule has 2 aromatic carbocycles. The number of carbonyl (C=O) groups is 2. The monoisotopic (exact) mass is 373 g/mol. The Bertz CT molecular complexity index is 877. The van der Waals surface area contributed by atoms with Crippen molar-refractivity contribution in [3.8, 4) is 0 Å². The van der Waals surface area contributed by atoms with Crippen LogP contribution in [-0.4, -0.2) is 34.6 Å². The molecule has 1 heterocycles. The molecular weight excluding hydrogens is 357 g/mol. The number of amides is 2. The summed E-state index contributed by atoms with van der Waals surface area (Å²) >= 11 is 5.82. The number of aliphatic imine (C=N–C) groups is 1. The summed E-state index contributed by atoms with van der Waals surface area (Å²) in [5.74, 6) is -1.10. The number of nitrogens with one attached hydrogen (secondary N) is 1. The van der Waals surface area contributed by atoms with Crippen LogP contribution < -0.4 is 5.32 Å². The largest absolute Gasteiger partial charge is 0.325 e. The van der Waals surface area contributed by atoms with Gasteiger partial charge in [-0.2, -0.15) is 0 Å². The predicted octanol–water partition coefficient (Wildman–Crippen LogP) is 3.49. The number of anilines is 1. The molecule has 0 aliphatic carbocycles. The molecule has 1 aliphatic rings. The molecule has 0 saturated heterocycles. The zero-order valence-electron chi connectivity index (χ0n) is 14.3. The summed E-state index contributed by atoms with van der Waals surface area (Å²) < 4.78 is 13.1. The summed E-state index contributed by atoms with van der Waals surface area (Å²) in [6, 6.07) is 12.2. The highest BCUT2D eigenvalue weighted by atomic mass is 35.5. The smallest absolute Gasteiger partial charge is 0.275 e. The van der Waals surface area contributed by atoms with Gasteiger partial charge in [0, 0.05) is 16.3 Å². The van der Waals surface area contributed by atoms with Gasteiger partial charge in [0.25, 0.3) is 5.91 Å². The van der Waals surface area contributed by atoms with Crippen LogP contribution in [0.25, 0.3) is 0 Å². The minimum absolute atomic E-state index is 0.150. The molecule has 0 radical (unpaired) electrons. The highest BCUT2D eigenvalue weighted by Gasteiger charge is 2.41. The SMILES string of the molecule is CC1(C)N=C(c2ccc(F)cc2)C(=O)N1CC(=O)Nc1ccc(Cl)cc1. The molecule has 0 aromatic heterocycles. The molecule has 1 aliphatic heterocycles. The first-order valence-electron chi connectivity index (χ1n) is 7.99. The number of halogens is 2. The zero-order chi connectivity index (χ0) is 18.9. The first-order valence-corrected chi connectivity index (χ1v) is 8.37. The van der Waals surface area contributed by atoms with Crippen molar-refractivity contribution in [1.29, 1.82) is 0 Å². The van der Waals surface area contributed by atoms with Crippen LogP contribution in [0.5, 0.6) is 0 Å². The second-order valence-electron chi connectivity index (χ2n) is 6.41. The molecule has 0 spiro atoms. The Morgan fingerprint density at radius 3 is 2.38 bits per heavy atom. The Labute approximate surface area is 155 Å². The first kappa shape index (κ1) is 18.1. The molecule has 0 bridgehead atoms. The van der Waals surface area contributed by atoms with E-state index in [9.17, 15) is 14.0 Å². The zero-order valence-corrected chi connectivity index (χ0v) is 15.0. The normalized spacial score (nSPS) is 15.8. The third-order valence-electron chi connectivity index (χ3n) is 4.04. The second-order valence-corrected chi connectivity index (χ2v) is 6.84. The summed E-state index contributed by atoms with van der Waals surface area (Å²) in [5.41, 5.74) is 0.445. The Kier molecular flexibility index (Phi) is 4.78. The van der Waals surface area contributed by atoms with E-state index < -0.39 is 11.5 Å². The fraction of sp³-hybridized carbons (Fsp3) is 0.211. The van der Waals surface area contributed by atoms with Gasteiger partial charge in [-0.05, 0) is 62.4 Å². The quantitative estimate of drug-likeness (QED) is 0.891. The van der Waals surface area contributed by atoms with Gasteiger partial charge in [0.2, 0.25) is 5.91 Å². The Balaban J connectivity index is 1.74. The maximum Gasteiger partial charge on any atom is 0.275 e. The van der Waals surface area contributed by atoms with Crippen molar-refractivity contribution < 1.29 is 14.0 Å². The van der Waals surface area contributed by atoms with Gasteiger partial charge in [-0.3, -0.25) is 14.6 Å². The van der Waals surface area contributed by atoms with E-state index in [4.69, 9.17) is 11.6 Å². The van der Waals surface area contributed by atoms with Crippen molar-refractivity contribution in [1.82, 2.24) is 4.90 Å². The molecule has 7 heteroatoms. The van der Waals surface area contributed by atoms with Crippen molar-refractivity contribution >= 4 is 34.8 Å². The first-order chi connectivity index (χ1) is 12.3. The lowest BCUT2D eigenvalue weighted by atomic mass is 10.1. The van der Waals surface area contributed by atoms with Crippen molar-refractivity contribution in [2.75, 3.05) is 11.9 Å². The second kappa shape index (κ2) is 6.88. The molecule has 5 nitrogen and oxygen atoms in total. The fourth-order valence-electron chi connectivity index (χ4n) is 2.70. The Morgan fingerprint density at radius 1 is 1.15 bits per heavy atom.